The molecule has 1 fully saturated rings. The van der Waals surface area contributed by atoms with Crippen molar-refractivity contribution < 1.29 is 20.1 Å². The van der Waals surface area contributed by atoms with Crippen LogP contribution in [0.2, 0.25) is 0 Å². The van der Waals surface area contributed by atoms with Gasteiger partial charge >= 0.3 is 5.97 Å². The van der Waals surface area contributed by atoms with Crippen LogP contribution in [-0.2, 0) is 4.79 Å². The fraction of sp³-hybridized carbons (Fsp3) is 0.857. The first-order chi connectivity index (χ1) is 5.63. The first-order valence-electron chi connectivity index (χ1n) is 3.87. The van der Waals surface area contributed by atoms with Gasteiger partial charge in [-0.2, -0.15) is 0 Å². The Morgan fingerprint density at radius 1 is 1.58 bits per heavy atom. The number of hydrogen-bond donors (Lipinski definition) is 3. The van der Waals surface area contributed by atoms with Gasteiger partial charge in [-0.05, 0) is 0 Å². The summed E-state index contributed by atoms with van der Waals surface area (Å²) in [6, 6.07) is 0. The van der Waals surface area contributed by atoms with Crippen molar-refractivity contribution in [3.05, 3.63) is 0 Å². The molecule has 0 saturated carbocycles. The van der Waals surface area contributed by atoms with Gasteiger partial charge in [0, 0.05) is 19.6 Å². The fourth-order valence-corrected chi connectivity index (χ4v) is 1.23. The number of hydrogen-bond acceptors (Lipinski definition) is 4. The molecule has 12 heavy (non-hydrogen) atoms. The molecule has 1 atom stereocenters. The average molecular weight is 175 g/mol. The third-order valence-corrected chi connectivity index (χ3v) is 1.99. The third kappa shape index (κ3) is 2.17. The second-order valence-corrected chi connectivity index (χ2v) is 3.09. The molecular weight excluding hydrogens is 162 g/mol. The highest BCUT2D eigenvalue weighted by Crippen LogP contribution is 2.15. The van der Waals surface area contributed by atoms with E-state index in [0.29, 0.717) is 19.6 Å². The summed E-state index contributed by atoms with van der Waals surface area (Å²) in [6.07, 6.45) is -0.750. The topological polar surface area (TPSA) is 81.0 Å². The Morgan fingerprint density at radius 2 is 2.17 bits per heavy atom. The van der Waals surface area contributed by atoms with Crippen molar-refractivity contribution in [1.29, 1.82) is 0 Å². The van der Waals surface area contributed by atoms with Crippen molar-refractivity contribution in [2.45, 2.75) is 6.10 Å². The first-order valence-corrected chi connectivity index (χ1v) is 3.87. The Kier molecular flexibility index (Phi) is 3.02. The minimum Gasteiger partial charge on any atom is -0.481 e. The van der Waals surface area contributed by atoms with Gasteiger partial charge in [0.1, 0.15) is 0 Å². The first kappa shape index (κ1) is 9.44. The van der Waals surface area contributed by atoms with Gasteiger partial charge in [0.2, 0.25) is 0 Å². The molecule has 0 amide bonds. The highest BCUT2D eigenvalue weighted by atomic mass is 16.4. The summed E-state index contributed by atoms with van der Waals surface area (Å²) >= 11 is 0. The van der Waals surface area contributed by atoms with Crippen molar-refractivity contribution >= 4 is 5.97 Å². The van der Waals surface area contributed by atoms with Crippen LogP contribution in [0, 0.1) is 5.92 Å². The summed E-state index contributed by atoms with van der Waals surface area (Å²) in [5.41, 5.74) is 0. The maximum Gasteiger partial charge on any atom is 0.309 e. The molecule has 5 heteroatoms. The number of nitrogens with zero attached hydrogens (tertiary/aromatic N) is 1. The molecule has 1 unspecified atom stereocenters. The molecule has 0 aliphatic carbocycles. The lowest BCUT2D eigenvalue weighted by atomic mass is 10.0. The van der Waals surface area contributed by atoms with E-state index in [1.807, 2.05) is 0 Å². The predicted molar refractivity (Wildman–Crippen MR) is 40.7 cm³/mol. The number of rotatable bonds is 4. The lowest BCUT2D eigenvalue weighted by Gasteiger charge is -2.37. The standard InChI is InChI=1S/C7H13NO4/c9-4-6(10)3-8-1-5(2-8)7(11)12/h5-6,9-10H,1-4H2,(H,11,12). The summed E-state index contributed by atoms with van der Waals surface area (Å²) < 4.78 is 0. The van der Waals surface area contributed by atoms with Gasteiger partial charge in [-0.15, -0.1) is 0 Å². The molecule has 0 radical (unpaired) electrons. The molecule has 1 aliphatic heterocycles. The number of likely N-dealkylation sites (tertiary alicyclic amines) is 1. The minimum atomic E-state index is -0.787. The van der Waals surface area contributed by atoms with Gasteiger partial charge in [-0.1, -0.05) is 0 Å². The molecule has 70 valence electrons. The summed E-state index contributed by atoms with van der Waals surface area (Å²) in [5, 5.41) is 26.0. The molecule has 0 aromatic rings. The minimum absolute atomic E-state index is 0.270. The SMILES string of the molecule is O=C(O)C1CN(CC(O)CO)C1. The number of carboxylic acids is 1. The largest absolute Gasteiger partial charge is 0.481 e. The van der Waals surface area contributed by atoms with Crippen molar-refractivity contribution in [2.75, 3.05) is 26.2 Å². The molecular formula is C7H13NO4. The van der Waals surface area contributed by atoms with Gasteiger partial charge in [0.15, 0.2) is 0 Å². The maximum atomic E-state index is 10.3. The maximum absolute atomic E-state index is 10.3. The van der Waals surface area contributed by atoms with E-state index in [2.05, 4.69) is 0 Å². The number of aliphatic hydroxyl groups is 2. The molecule has 0 aromatic carbocycles. The zero-order chi connectivity index (χ0) is 9.14. The van der Waals surface area contributed by atoms with E-state index in [9.17, 15) is 4.79 Å². The molecule has 1 saturated heterocycles. The van der Waals surface area contributed by atoms with Crippen molar-refractivity contribution in [3.8, 4) is 0 Å². The Morgan fingerprint density at radius 3 is 2.58 bits per heavy atom. The van der Waals surface area contributed by atoms with E-state index in [4.69, 9.17) is 15.3 Å². The molecule has 1 rings (SSSR count). The van der Waals surface area contributed by atoms with E-state index in [-0.39, 0.29) is 12.5 Å². The Labute approximate surface area is 70.2 Å². The summed E-state index contributed by atoms with van der Waals surface area (Å²) in [6.45, 7) is 1.05. The molecule has 0 aromatic heterocycles. The summed E-state index contributed by atoms with van der Waals surface area (Å²) in [5.74, 6) is -1.08. The molecule has 1 aliphatic rings. The molecule has 5 nitrogen and oxygen atoms in total. The smallest absolute Gasteiger partial charge is 0.309 e. The highest BCUT2D eigenvalue weighted by Gasteiger charge is 2.32. The Balaban J connectivity index is 2.13. The average Bonchev–Trinajstić information content (AvgIpc) is 1.94. The number of aliphatic hydroxyl groups excluding tert-OH is 2. The Bertz CT molecular complexity index is 167. The van der Waals surface area contributed by atoms with E-state index in [1.54, 1.807) is 4.90 Å². The molecule has 3 N–H and O–H groups in total. The van der Waals surface area contributed by atoms with Gasteiger partial charge in [0.25, 0.3) is 0 Å². The van der Waals surface area contributed by atoms with Crippen molar-refractivity contribution in [3.63, 3.8) is 0 Å². The zero-order valence-electron chi connectivity index (χ0n) is 6.68. The summed E-state index contributed by atoms with van der Waals surface area (Å²) in [4.78, 5) is 12.1. The summed E-state index contributed by atoms with van der Waals surface area (Å²) in [7, 11) is 0. The van der Waals surface area contributed by atoms with Crippen LogP contribution >= 0.6 is 0 Å². The van der Waals surface area contributed by atoms with Gasteiger partial charge < -0.3 is 15.3 Å². The van der Waals surface area contributed by atoms with Crippen LogP contribution in [0.3, 0.4) is 0 Å². The second kappa shape index (κ2) is 3.84. The number of carbonyl (C=O) groups is 1. The van der Waals surface area contributed by atoms with Gasteiger partial charge in [0.05, 0.1) is 18.6 Å². The monoisotopic (exact) mass is 175 g/mol. The van der Waals surface area contributed by atoms with Crippen molar-refractivity contribution in [2.24, 2.45) is 5.92 Å². The molecule has 0 spiro atoms. The predicted octanol–water partition coefficient (Wildman–Crippen LogP) is -1.64. The van der Waals surface area contributed by atoms with E-state index >= 15 is 0 Å². The quantitative estimate of drug-likeness (QED) is 0.477. The van der Waals surface area contributed by atoms with Crippen LogP contribution in [0.5, 0.6) is 0 Å². The van der Waals surface area contributed by atoms with E-state index in [0.717, 1.165) is 0 Å². The number of aliphatic carboxylic acids is 1. The zero-order valence-corrected chi connectivity index (χ0v) is 6.68. The van der Waals surface area contributed by atoms with Crippen LogP contribution in [0.15, 0.2) is 0 Å². The normalized spacial score (nSPS) is 21.8. The number of carboxylic acid groups (broad SMARTS) is 1. The second-order valence-electron chi connectivity index (χ2n) is 3.09. The van der Waals surface area contributed by atoms with Crippen LogP contribution in [0.25, 0.3) is 0 Å². The van der Waals surface area contributed by atoms with Gasteiger partial charge in [-0.3, -0.25) is 9.69 Å². The van der Waals surface area contributed by atoms with E-state index < -0.39 is 12.1 Å². The van der Waals surface area contributed by atoms with Crippen LogP contribution in [0.4, 0.5) is 0 Å². The fourth-order valence-electron chi connectivity index (χ4n) is 1.23. The van der Waals surface area contributed by atoms with Crippen LogP contribution < -0.4 is 0 Å². The van der Waals surface area contributed by atoms with Crippen LogP contribution in [-0.4, -0.2) is 58.5 Å². The lowest BCUT2D eigenvalue weighted by molar-refractivity contribution is -0.148. The molecule has 0 bridgehead atoms. The van der Waals surface area contributed by atoms with Gasteiger partial charge in [-0.25, -0.2) is 0 Å². The van der Waals surface area contributed by atoms with Crippen LogP contribution in [0.1, 0.15) is 0 Å². The Hall–Kier alpha value is -0.650. The highest BCUT2D eigenvalue weighted by molar-refractivity contribution is 5.71. The number of β-amino-alcohol motifs (C(OH)–C–C–N with tert-alkyl or cyclic N) is 1. The van der Waals surface area contributed by atoms with Crippen molar-refractivity contribution in [1.82, 2.24) is 4.90 Å². The third-order valence-electron chi connectivity index (χ3n) is 1.99. The van der Waals surface area contributed by atoms with E-state index in [1.165, 1.54) is 0 Å². The molecule has 1 heterocycles. The lowest BCUT2D eigenvalue weighted by Crippen LogP contribution is -2.53.